The lowest BCUT2D eigenvalue weighted by atomic mass is 10.1. The van der Waals surface area contributed by atoms with Crippen molar-refractivity contribution in [3.05, 3.63) is 35.9 Å². The fraction of sp³-hybridized carbons (Fsp3) is 0.125. The third-order valence-electron chi connectivity index (χ3n) is 1.61. The van der Waals surface area contributed by atoms with Crippen molar-refractivity contribution in [3.8, 4) is 0 Å². The van der Waals surface area contributed by atoms with Crippen LogP contribution in [0.1, 0.15) is 10.4 Å². The first-order valence-electron chi connectivity index (χ1n) is 3.70. The molecule has 0 amide bonds. The lowest BCUT2D eigenvalue weighted by Crippen LogP contribution is -2.37. The minimum Gasteiger partial charge on any atom is -0.743 e. The first kappa shape index (κ1) is 11.7. The molecule has 0 aliphatic heterocycles. The van der Waals surface area contributed by atoms with E-state index in [1.54, 1.807) is 0 Å². The van der Waals surface area contributed by atoms with E-state index in [0.29, 0.717) is 0 Å². The molecule has 0 saturated heterocycles. The number of carbonyl (C=O) groups excluding carboxylic acids is 1. The van der Waals surface area contributed by atoms with Gasteiger partial charge in [0.2, 0.25) is 5.78 Å². The van der Waals surface area contributed by atoms with E-state index in [0.717, 1.165) is 12.1 Å². The van der Waals surface area contributed by atoms with Crippen LogP contribution in [0, 0.1) is 0 Å². The highest BCUT2D eigenvalue weighted by Crippen LogP contribution is 2.25. The van der Waals surface area contributed by atoms with E-state index in [1.807, 2.05) is 0 Å². The fourth-order valence-corrected chi connectivity index (χ4v) is 1.22. The summed E-state index contributed by atoms with van der Waals surface area (Å²) < 4.78 is 55.9. The molecular formula is C8H5F2O4S-. The van der Waals surface area contributed by atoms with Crippen molar-refractivity contribution in [2.75, 3.05) is 0 Å². The van der Waals surface area contributed by atoms with Gasteiger partial charge in [0.05, 0.1) is 0 Å². The minimum atomic E-state index is -5.98. The van der Waals surface area contributed by atoms with Crippen LogP contribution in [0.5, 0.6) is 0 Å². The Morgan fingerprint density at radius 3 is 2.07 bits per heavy atom. The van der Waals surface area contributed by atoms with Crippen LogP contribution in [-0.2, 0) is 10.1 Å². The van der Waals surface area contributed by atoms with Gasteiger partial charge in [0.25, 0.3) is 0 Å². The molecule has 0 spiro atoms. The van der Waals surface area contributed by atoms with Crippen molar-refractivity contribution in [1.29, 1.82) is 0 Å². The van der Waals surface area contributed by atoms with Gasteiger partial charge in [-0.15, -0.1) is 0 Å². The van der Waals surface area contributed by atoms with Crippen molar-refractivity contribution < 1.29 is 26.5 Å². The molecule has 0 aliphatic carbocycles. The van der Waals surface area contributed by atoms with Crippen LogP contribution in [0.2, 0.25) is 0 Å². The average Bonchev–Trinajstić information content (AvgIpc) is 2.16. The van der Waals surface area contributed by atoms with Crippen molar-refractivity contribution in [2.45, 2.75) is 5.25 Å². The van der Waals surface area contributed by atoms with E-state index in [4.69, 9.17) is 0 Å². The summed E-state index contributed by atoms with van der Waals surface area (Å²) in [7, 11) is -5.98. The zero-order valence-electron chi connectivity index (χ0n) is 7.18. The summed E-state index contributed by atoms with van der Waals surface area (Å²) >= 11 is 0. The third-order valence-corrected chi connectivity index (χ3v) is 2.43. The lowest BCUT2D eigenvalue weighted by molar-refractivity contribution is 0.0488. The van der Waals surface area contributed by atoms with Gasteiger partial charge in [0, 0.05) is 5.56 Å². The number of Topliss-reactive ketones (excluding diaryl/α,β-unsaturated/α-hetero) is 1. The first-order chi connectivity index (χ1) is 6.77. The Morgan fingerprint density at radius 1 is 1.20 bits per heavy atom. The lowest BCUT2D eigenvalue weighted by Gasteiger charge is -2.18. The molecule has 4 nitrogen and oxygen atoms in total. The molecule has 7 heteroatoms. The SMILES string of the molecule is O=C(c1ccccc1)C(F)(F)S(=O)(=O)[O-]. The average molecular weight is 235 g/mol. The molecule has 1 rings (SSSR count). The Bertz CT molecular complexity index is 467. The minimum absolute atomic E-state index is 0.526. The monoisotopic (exact) mass is 235 g/mol. The second-order valence-electron chi connectivity index (χ2n) is 2.67. The van der Waals surface area contributed by atoms with Gasteiger partial charge >= 0.3 is 5.25 Å². The van der Waals surface area contributed by atoms with Crippen LogP contribution >= 0.6 is 0 Å². The molecule has 82 valence electrons. The van der Waals surface area contributed by atoms with Crippen molar-refractivity contribution in [3.63, 3.8) is 0 Å². The zero-order chi connectivity index (χ0) is 11.7. The Kier molecular flexibility index (Phi) is 2.87. The second-order valence-corrected chi connectivity index (χ2v) is 4.09. The molecule has 0 radical (unpaired) electrons. The third kappa shape index (κ3) is 2.18. The van der Waals surface area contributed by atoms with Crippen LogP contribution in [-0.4, -0.2) is 24.0 Å². The van der Waals surface area contributed by atoms with E-state index in [2.05, 4.69) is 0 Å². The maximum Gasteiger partial charge on any atom is 0.396 e. The van der Waals surface area contributed by atoms with E-state index in [9.17, 15) is 26.5 Å². The number of benzene rings is 1. The smallest absolute Gasteiger partial charge is 0.396 e. The van der Waals surface area contributed by atoms with Crippen LogP contribution in [0.4, 0.5) is 8.78 Å². The van der Waals surface area contributed by atoms with Crippen molar-refractivity contribution in [2.24, 2.45) is 0 Å². The molecule has 0 unspecified atom stereocenters. The predicted octanol–water partition coefficient (Wildman–Crippen LogP) is 1.01. The molecule has 15 heavy (non-hydrogen) atoms. The van der Waals surface area contributed by atoms with Gasteiger partial charge in [0.15, 0.2) is 10.1 Å². The molecule has 0 fully saturated rings. The number of alkyl halides is 2. The normalized spacial score (nSPS) is 12.5. The number of rotatable bonds is 3. The highest BCUT2D eigenvalue weighted by Gasteiger charge is 2.46. The van der Waals surface area contributed by atoms with Gasteiger partial charge < -0.3 is 4.55 Å². The van der Waals surface area contributed by atoms with E-state index < -0.39 is 26.7 Å². The van der Waals surface area contributed by atoms with Gasteiger partial charge in [-0.3, -0.25) is 4.79 Å². The molecule has 0 aromatic heterocycles. The number of ketones is 1. The molecule has 1 aromatic rings. The highest BCUT2D eigenvalue weighted by molar-refractivity contribution is 7.87. The van der Waals surface area contributed by atoms with Gasteiger partial charge in [-0.1, -0.05) is 30.3 Å². The molecule has 0 aliphatic rings. The molecule has 0 heterocycles. The van der Waals surface area contributed by atoms with Crippen LogP contribution in [0.25, 0.3) is 0 Å². The summed E-state index contributed by atoms with van der Waals surface area (Å²) in [5.74, 6) is -2.02. The number of halogens is 2. The van der Waals surface area contributed by atoms with E-state index in [1.165, 1.54) is 18.2 Å². The molecular weight excluding hydrogens is 230 g/mol. The predicted molar refractivity (Wildman–Crippen MR) is 45.4 cm³/mol. The zero-order valence-corrected chi connectivity index (χ0v) is 8.00. The number of carbonyl (C=O) groups is 1. The van der Waals surface area contributed by atoms with E-state index in [-0.39, 0.29) is 0 Å². The first-order valence-corrected chi connectivity index (χ1v) is 5.11. The van der Waals surface area contributed by atoms with Gasteiger partial charge in [0.1, 0.15) is 0 Å². The summed E-state index contributed by atoms with van der Waals surface area (Å²) in [5.41, 5.74) is -0.526. The largest absolute Gasteiger partial charge is 0.743 e. The Labute approximate surface area is 84.3 Å². The molecule has 0 N–H and O–H groups in total. The quantitative estimate of drug-likeness (QED) is 0.578. The highest BCUT2D eigenvalue weighted by atomic mass is 32.2. The van der Waals surface area contributed by atoms with Gasteiger partial charge in [-0.2, -0.15) is 8.78 Å². The maximum absolute atomic E-state index is 12.8. The molecule has 1 aromatic carbocycles. The topological polar surface area (TPSA) is 74.3 Å². The van der Waals surface area contributed by atoms with Crippen molar-refractivity contribution >= 4 is 15.9 Å². The van der Waals surface area contributed by atoms with Crippen LogP contribution < -0.4 is 0 Å². The Hall–Kier alpha value is -1.34. The molecule has 0 bridgehead atoms. The van der Waals surface area contributed by atoms with Crippen LogP contribution in [0.15, 0.2) is 30.3 Å². The maximum atomic E-state index is 12.8. The Morgan fingerprint density at radius 2 is 1.67 bits per heavy atom. The standard InChI is InChI=1S/C8H6F2O4S/c9-8(10,15(12,13)14)7(11)6-4-2-1-3-5-6/h1-5H,(H,12,13,14)/p-1. The number of hydrogen-bond donors (Lipinski definition) is 0. The number of hydrogen-bond acceptors (Lipinski definition) is 4. The van der Waals surface area contributed by atoms with Gasteiger partial charge in [-0.25, -0.2) is 8.42 Å². The summed E-state index contributed by atoms with van der Waals surface area (Å²) in [4.78, 5) is 11.0. The molecule has 0 atom stereocenters. The molecule has 0 saturated carbocycles. The second kappa shape index (κ2) is 3.67. The fourth-order valence-electron chi connectivity index (χ4n) is 0.871. The summed E-state index contributed by atoms with van der Waals surface area (Å²) in [6.07, 6.45) is 0. The summed E-state index contributed by atoms with van der Waals surface area (Å²) in [6.45, 7) is 0. The van der Waals surface area contributed by atoms with Crippen LogP contribution in [0.3, 0.4) is 0 Å². The van der Waals surface area contributed by atoms with Gasteiger partial charge in [-0.05, 0) is 0 Å². The van der Waals surface area contributed by atoms with E-state index >= 15 is 0 Å². The van der Waals surface area contributed by atoms with Crippen molar-refractivity contribution in [1.82, 2.24) is 0 Å². The summed E-state index contributed by atoms with van der Waals surface area (Å²) in [6, 6.07) is 6.02. The Balaban J connectivity index is 3.17. The summed E-state index contributed by atoms with van der Waals surface area (Å²) in [5, 5.41) is -4.92.